The first-order valence-corrected chi connectivity index (χ1v) is 10.6. The summed E-state index contributed by atoms with van der Waals surface area (Å²) in [5.41, 5.74) is 1.53. The second-order valence-electron chi connectivity index (χ2n) is 6.67. The maximum Gasteiger partial charge on any atom is 0.322 e. The van der Waals surface area contributed by atoms with Crippen molar-refractivity contribution in [1.29, 1.82) is 0 Å². The molecule has 29 heavy (non-hydrogen) atoms. The van der Waals surface area contributed by atoms with E-state index >= 15 is 0 Å². The third-order valence-electron chi connectivity index (χ3n) is 4.91. The lowest BCUT2D eigenvalue weighted by Gasteiger charge is -2.22. The van der Waals surface area contributed by atoms with Crippen LogP contribution in [0.5, 0.6) is 5.75 Å². The van der Waals surface area contributed by atoms with E-state index in [9.17, 15) is 4.79 Å². The monoisotopic (exact) mass is 410 g/mol. The van der Waals surface area contributed by atoms with Crippen LogP contribution in [-0.2, 0) is 0 Å². The zero-order valence-corrected chi connectivity index (χ0v) is 17.1. The molecule has 0 spiro atoms. The van der Waals surface area contributed by atoms with Crippen LogP contribution in [0.2, 0.25) is 0 Å². The van der Waals surface area contributed by atoms with E-state index in [-0.39, 0.29) is 12.1 Å². The molecule has 1 atom stereocenters. The standard InChI is InChI=1S/C21H22N4O3S/c1-27-18-11-4-3-9-16(18)19-23-20(28-24-19)17-10-6-12-25(17)21(26)22-14-7-5-8-15(13-14)29-2/h3-5,7-9,11,13,17H,6,10,12H2,1-2H3,(H,22,26). The number of methoxy groups -OCH3 is 1. The number of likely N-dealkylation sites (tertiary alicyclic amines) is 1. The molecule has 1 aliphatic heterocycles. The third kappa shape index (κ3) is 4.07. The van der Waals surface area contributed by atoms with Gasteiger partial charge < -0.3 is 19.5 Å². The van der Waals surface area contributed by atoms with Gasteiger partial charge in [0.15, 0.2) is 0 Å². The number of carbonyl (C=O) groups excluding carboxylic acids is 1. The van der Waals surface area contributed by atoms with Gasteiger partial charge in [0.05, 0.1) is 12.7 Å². The fourth-order valence-corrected chi connectivity index (χ4v) is 3.93. The Kier molecular flexibility index (Phi) is 5.71. The molecule has 8 heteroatoms. The normalized spacial score (nSPS) is 16.1. The van der Waals surface area contributed by atoms with Crippen molar-refractivity contribution in [2.24, 2.45) is 0 Å². The zero-order valence-electron chi connectivity index (χ0n) is 16.3. The molecule has 3 aromatic rings. The van der Waals surface area contributed by atoms with Crippen LogP contribution in [0.3, 0.4) is 0 Å². The summed E-state index contributed by atoms with van der Waals surface area (Å²) in [7, 11) is 1.61. The summed E-state index contributed by atoms with van der Waals surface area (Å²) < 4.78 is 10.9. The van der Waals surface area contributed by atoms with Gasteiger partial charge >= 0.3 is 6.03 Å². The SMILES string of the molecule is COc1ccccc1-c1noc(C2CCCN2C(=O)Nc2cccc(SC)c2)n1. The van der Waals surface area contributed by atoms with E-state index in [1.54, 1.807) is 23.8 Å². The summed E-state index contributed by atoms with van der Waals surface area (Å²) >= 11 is 1.63. The summed E-state index contributed by atoms with van der Waals surface area (Å²) in [5, 5.41) is 7.09. The Morgan fingerprint density at radius 2 is 2.14 bits per heavy atom. The van der Waals surface area contributed by atoms with Gasteiger partial charge in [-0.25, -0.2) is 4.79 Å². The van der Waals surface area contributed by atoms with Crippen molar-refractivity contribution in [3.8, 4) is 17.1 Å². The maximum absolute atomic E-state index is 12.9. The molecule has 1 N–H and O–H groups in total. The number of benzene rings is 2. The fraction of sp³-hybridized carbons (Fsp3) is 0.286. The molecule has 1 aromatic heterocycles. The van der Waals surface area contributed by atoms with Gasteiger partial charge in [-0.1, -0.05) is 23.4 Å². The molecule has 7 nitrogen and oxygen atoms in total. The van der Waals surface area contributed by atoms with E-state index in [1.165, 1.54) is 0 Å². The van der Waals surface area contributed by atoms with Crippen LogP contribution in [0.1, 0.15) is 24.8 Å². The van der Waals surface area contributed by atoms with Gasteiger partial charge in [-0.2, -0.15) is 4.98 Å². The van der Waals surface area contributed by atoms with Gasteiger partial charge in [-0.15, -0.1) is 11.8 Å². The summed E-state index contributed by atoms with van der Waals surface area (Å²) in [6.07, 6.45) is 3.67. The van der Waals surface area contributed by atoms with Crippen molar-refractivity contribution in [1.82, 2.24) is 15.0 Å². The number of thioether (sulfide) groups is 1. The Morgan fingerprint density at radius 3 is 2.97 bits per heavy atom. The number of ether oxygens (including phenoxy) is 1. The van der Waals surface area contributed by atoms with Crippen molar-refractivity contribution in [2.45, 2.75) is 23.8 Å². The molecular formula is C21H22N4O3S. The fourth-order valence-electron chi connectivity index (χ4n) is 3.47. The first-order chi connectivity index (χ1) is 14.2. The van der Waals surface area contributed by atoms with Crippen LogP contribution in [-0.4, -0.2) is 41.0 Å². The highest BCUT2D eigenvalue weighted by molar-refractivity contribution is 7.98. The molecule has 2 aromatic carbocycles. The molecule has 0 bridgehead atoms. The molecule has 0 saturated carbocycles. The smallest absolute Gasteiger partial charge is 0.322 e. The second kappa shape index (κ2) is 8.57. The molecule has 4 rings (SSSR count). The molecule has 0 aliphatic carbocycles. The number of nitrogens with one attached hydrogen (secondary N) is 1. The number of aromatic nitrogens is 2. The van der Waals surface area contributed by atoms with E-state index in [2.05, 4.69) is 15.5 Å². The Bertz CT molecular complexity index is 1010. The van der Waals surface area contributed by atoms with Gasteiger partial charge in [0.1, 0.15) is 11.8 Å². The Morgan fingerprint density at radius 1 is 1.28 bits per heavy atom. The molecule has 1 saturated heterocycles. The Balaban J connectivity index is 1.53. The van der Waals surface area contributed by atoms with Crippen LogP contribution in [0, 0.1) is 0 Å². The molecule has 1 fully saturated rings. The van der Waals surface area contributed by atoms with Crippen LogP contribution in [0.4, 0.5) is 10.5 Å². The minimum absolute atomic E-state index is 0.164. The number of para-hydroxylation sites is 1. The number of urea groups is 1. The number of nitrogens with zero attached hydrogens (tertiary/aromatic N) is 3. The van der Waals surface area contributed by atoms with Crippen molar-refractivity contribution < 1.29 is 14.1 Å². The molecule has 1 aliphatic rings. The topological polar surface area (TPSA) is 80.5 Å². The third-order valence-corrected chi connectivity index (χ3v) is 5.63. The first-order valence-electron chi connectivity index (χ1n) is 9.38. The number of hydrogen-bond donors (Lipinski definition) is 1. The predicted molar refractivity (Wildman–Crippen MR) is 112 cm³/mol. The van der Waals surface area contributed by atoms with Gasteiger partial charge in [0, 0.05) is 17.1 Å². The average Bonchev–Trinajstić information content (AvgIpc) is 3.43. The summed E-state index contributed by atoms with van der Waals surface area (Å²) in [6.45, 7) is 0.644. The summed E-state index contributed by atoms with van der Waals surface area (Å²) in [6, 6.07) is 14.9. The minimum atomic E-state index is -0.241. The highest BCUT2D eigenvalue weighted by atomic mass is 32.2. The summed E-state index contributed by atoms with van der Waals surface area (Å²) in [4.78, 5) is 20.3. The average molecular weight is 410 g/mol. The predicted octanol–water partition coefficient (Wildman–Crippen LogP) is 4.84. The van der Waals surface area contributed by atoms with Crippen molar-refractivity contribution in [3.05, 3.63) is 54.4 Å². The molecule has 150 valence electrons. The maximum atomic E-state index is 12.9. The zero-order chi connectivity index (χ0) is 20.2. The van der Waals surface area contributed by atoms with Gasteiger partial charge in [-0.3, -0.25) is 0 Å². The molecule has 1 unspecified atom stereocenters. The largest absolute Gasteiger partial charge is 0.496 e. The number of rotatable bonds is 5. The van der Waals surface area contributed by atoms with Crippen molar-refractivity contribution in [3.63, 3.8) is 0 Å². The van der Waals surface area contributed by atoms with Crippen LogP contribution in [0.15, 0.2) is 57.9 Å². The number of carbonyl (C=O) groups is 1. The van der Waals surface area contributed by atoms with Gasteiger partial charge in [0.2, 0.25) is 11.7 Å². The molecule has 0 radical (unpaired) electrons. The Hall–Kier alpha value is -3.00. The van der Waals surface area contributed by atoms with E-state index in [4.69, 9.17) is 9.26 Å². The van der Waals surface area contributed by atoms with Gasteiger partial charge in [0.25, 0.3) is 0 Å². The van der Waals surface area contributed by atoms with Crippen molar-refractivity contribution >= 4 is 23.5 Å². The van der Waals surface area contributed by atoms with Crippen LogP contribution < -0.4 is 10.1 Å². The van der Waals surface area contributed by atoms with E-state index in [0.29, 0.717) is 24.0 Å². The van der Waals surface area contributed by atoms with E-state index < -0.39 is 0 Å². The molecular weight excluding hydrogens is 388 g/mol. The summed E-state index contributed by atoms with van der Waals surface area (Å²) in [5.74, 6) is 1.57. The van der Waals surface area contributed by atoms with Crippen LogP contribution in [0.25, 0.3) is 11.4 Å². The lowest BCUT2D eigenvalue weighted by molar-refractivity contribution is 0.193. The van der Waals surface area contributed by atoms with E-state index in [0.717, 1.165) is 29.0 Å². The van der Waals surface area contributed by atoms with Crippen LogP contribution >= 0.6 is 11.8 Å². The lowest BCUT2D eigenvalue weighted by atomic mass is 10.2. The van der Waals surface area contributed by atoms with E-state index in [1.807, 2.05) is 54.8 Å². The molecule has 2 heterocycles. The van der Waals surface area contributed by atoms with Crippen molar-refractivity contribution in [2.75, 3.05) is 25.2 Å². The second-order valence-corrected chi connectivity index (χ2v) is 7.55. The quantitative estimate of drug-likeness (QED) is 0.607. The number of anilines is 1. The Labute approximate surface area is 173 Å². The first kappa shape index (κ1) is 19.3. The number of hydrogen-bond acceptors (Lipinski definition) is 6. The molecule has 2 amide bonds. The minimum Gasteiger partial charge on any atom is -0.496 e. The highest BCUT2D eigenvalue weighted by Gasteiger charge is 2.34. The lowest BCUT2D eigenvalue weighted by Crippen LogP contribution is -2.34. The highest BCUT2D eigenvalue weighted by Crippen LogP contribution is 2.34. The van der Waals surface area contributed by atoms with Gasteiger partial charge in [-0.05, 0) is 49.4 Å². The number of amides is 2.